The highest BCUT2D eigenvalue weighted by Crippen LogP contribution is 2.22. The number of carboxylic acid groups (broad SMARTS) is 1. The molecule has 0 aliphatic heterocycles. The lowest BCUT2D eigenvalue weighted by Gasteiger charge is -2.28. The first kappa shape index (κ1) is 15.7. The average molecular weight is 328 g/mol. The fraction of sp³-hybridized carbons (Fsp3) is 0.429. The van der Waals surface area contributed by atoms with E-state index in [9.17, 15) is 14.7 Å². The Kier molecular flexibility index (Phi) is 4.74. The molecule has 104 valence electrons. The van der Waals surface area contributed by atoms with Crippen LogP contribution in [0.1, 0.15) is 36.7 Å². The number of rotatable bonds is 3. The molecule has 1 rings (SSSR count). The van der Waals surface area contributed by atoms with E-state index >= 15 is 0 Å². The van der Waals surface area contributed by atoms with Crippen molar-refractivity contribution in [1.29, 1.82) is 0 Å². The molecule has 0 heterocycles. The predicted molar refractivity (Wildman–Crippen MR) is 77.2 cm³/mol. The molecule has 0 aromatic heterocycles. The van der Waals surface area contributed by atoms with Crippen LogP contribution in [-0.4, -0.2) is 23.0 Å². The zero-order valence-corrected chi connectivity index (χ0v) is 13.0. The number of hydrogen-bond donors (Lipinski definition) is 2. The number of nitrogens with one attached hydrogen (secondary N) is 1. The van der Waals surface area contributed by atoms with Crippen LogP contribution in [0.15, 0.2) is 22.7 Å². The second-order valence-electron chi connectivity index (χ2n) is 5.52. The molecule has 0 saturated carbocycles. The summed E-state index contributed by atoms with van der Waals surface area (Å²) >= 11 is 3.35. The third kappa shape index (κ3) is 3.80. The van der Waals surface area contributed by atoms with E-state index in [1.807, 2.05) is 13.0 Å². The number of amides is 1. The van der Waals surface area contributed by atoms with Gasteiger partial charge in [0, 0.05) is 10.0 Å². The Morgan fingerprint density at radius 1 is 1.32 bits per heavy atom. The van der Waals surface area contributed by atoms with Crippen molar-refractivity contribution >= 4 is 27.8 Å². The Morgan fingerprint density at radius 3 is 2.37 bits per heavy atom. The van der Waals surface area contributed by atoms with Gasteiger partial charge in [0.05, 0.1) is 0 Å². The minimum Gasteiger partial charge on any atom is -0.480 e. The van der Waals surface area contributed by atoms with E-state index in [0.29, 0.717) is 5.56 Å². The standard InChI is InChI=1S/C14H18BrNO3/c1-8-9(6-5-7-10(8)15)12(17)16-11(13(18)19)14(2,3)4/h5-7,11H,1-4H3,(H,16,17)(H,18,19). The molecule has 2 N–H and O–H groups in total. The molecule has 4 nitrogen and oxygen atoms in total. The van der Waals surface area contributed by atoms with Gasteiger partial charge >= 0.3 is 5.97 Å². The summed E-state index contributed by atoms with van der Waals surface area (Å²) in [5.41, 5.74) is 0.712. The minimum atomic E-state index is -1.03. The summed E-state index contributed by atoms with van der Waals surface area (Å²) in [6, 6.07) is 4.33. The zero-order valence-electron chi connectivity index (χ0n) is 11.5. The van der Waals surface area contributed by atoms with Crippen LogP contribution in [-0.2, 0) is 4.79 Å². The number of benzene rings is 1. The molecule has 19 heavy (non-hydrogen) atoms. The summed E-state index contributed by atoms with van der Waals surface area (Å²) in [6.45, 7) is 7.14. The Hall–Kier alpha value is -1.36. The number of aliphatic carboxylic acids is 1. The van der Waals surface area contributed by atoms with Crippen molar-refractivity contribution in [3.8, 4) is 0 Å². The minimum absolute atomic E-state index is 0.374. The Morgan fingerprint density at radius 2 is 1.89 bits per heavy atom. The van der Waals surface area contributed by atoms with Crippen LogP contribution < -0.4 is 5.32 Å². The molecule has 0 fully saturated rings. The van der Waals surface area contributed by atoms with Gasteiger partial charge in [-0.3, -0.25) is 4.79 Å². The average Bonchev–Trinajstić information content (AvgIpc) is 2.27. The third-order valence-corrected chi connectivity index (χ3v) is 3.76. The van der Waals surface area contributed by atoms with E-state index in [0.717, 1.165) is 10.0 Å². The number of carbonyl (C=O) groups excluding carboxylic acids is 1. The van der Waals surface area contributed by atoms with Gasteiger partial charge in [0.25, 0.3) is 5.91 Å². The van der Waals surface area contributed by atoms with Crippen molar-refractivity contribution in [2.45, 2.75) is 33.7 Å². The molecule has 0 saturated heterocycles. The SMILES string of the molecule is Cc1c(Br)cccc1C(=O)NC(C(=O)O)C(C)(C)C. The summed E-state index contributed by atoms with van der Waals surface area (Å²) < 4.78 is 0.822. The lowest BCUT2D eigenvalue weighted by Crippen LogP contribution is -2.49. The summed E-state index contributed by atoms with van der Waals surface area (Å²) in [4.78, 5) is 23.4. The molecule has 5 heteroatoms. The van der Waals surface area contributed by atoms with Crippen molar-refractivity contribution in [2.75, 3.05) is 0 Å². The molecule has 1 amide bonds. The number of hydrogen-bond acceptors (Lipinski definition) is 2. The van der Waals surface area contributed by atoms with Crippen LogP contribution in [0.5, 0.6) is 0 Å². The molecule has 0 aliphatic carbocycles. The van der Waals surface area contributed by atoms with E-state index < -0.39 is 17.4 Å². The molecule has 1 unspecified atom stereocenters. The van der Waals surface area contributed by atoms with Crippen molar-refractivity contribution < 1.29 is 14.7 Å². The topological polar surface area (TPSA) is 66.4 Å². The van der Waals surface area contributed by atoms with Crippen molar-refractivity contribution in [2.24, 2.45) is 5.41 Å². The lowest BCUT2D eigenvalue weighted by atomic mass is 9.86. The van der Waals surface area contributed by atoms with Gasteiger partial charge in [-0.25, -0.2) is 4.79 Å². The fourth-order valence-electron chi connectivity index (χ4n) is 1.71. The molecule has 0 bridgehead atoms. The molecular weight excluding hydrogens is 310 g/mol. The normalized spacial score (nSPS) is 12.9. The highest BCUT2D eigenvalue weighted by atomic mass is 79.9. The van der Waals surface area contributed by atoms with E-state index in [1.165, 1.54) is 0 Å². The van der Waals surface area contributed by atoms with Gasteiger partial charge in [-0.05, 0) is 30.0 Å². The van der Waals surface area contributed by atoms with Crippen LogP contribution in [0.2, 0.25) is 0 Å². The van der Waals surface area contributed by atoms with Crippen molar-refractivity contribution in [1.82, 2.24) is 5.32 Å². The molecule has 0 aliphatic rings. The quantitative estimate of drug-likeness (QED) is 0.896. The largest absolute Gasteiger partial charge is 0.480 e. The van der Waals surface area contributed by atoms with Gasteiger partial charge in [-0.15, -0.1) is 0 Å². The van der Waals surface area contributed by atoms with Gasteiger partial charge in [0.2, 0.25) is 0 Å². The van der Waals surface area contributed by atoms with Crippen molar-refractivity contribution in [3.05, 3.63) is 33.8 Å². The highest BCUT2D eigenvalue weighted by molar-refractivity contribution is 9.10. The summed E-state index contributed by atoms with van der Waals surface area (Å²) in [6.07, 6.45) is 0. The Labute approximate surface area is 121 Å². The maximum atomic E-state index is 12.2. The number of carbonyl (C=O) groups is 2. The van der Waals surface area contributed by atoms with Crippen molar-refractivity contribution in [3.63, 3.8) is 0 Å². The van der Waals surface area contributed by atoms with Gasteiger partial charge < -0.3 is 10.4 Å². The first-order valence-electron chi connectivity index (χ1n) is 5.93. The molecule has 0 spiro atoms. The van der Waals surface area contributed by atoms with E-state index in [1.54, 1.807) is 32.9 Å². The van der Waals surface area contributed by atoms with Gasteiger partial charge in [0.15, 0.2) is 0 Å². The van der Waals surface area contributed by atoms with E-state index in [2.05, 4.69) is 21.2 Å². The summed E-state index contributed by atoms with van der Waals surface area (Å²) in [5.74, 6) is -1.41. The summed E-state index contributed by atoms with van der Waals surface area (Å²) in [5, 5.41) is 11.8. The van der Waals surface area contributed by atoms with Gasteiger partial charge in [-0.1, -0.05) is 42.8 Å². The number of carboxylic acids is 1. The smallest absolute Gasteiger partial charge is 0.326 e. The predicted octanol–water partition coefficient (Wildman–Crippen LogP) is 2.99. The second kappa shape index (κ2) is 5.74. The zero-order chi connectivity index (χ0) is 14.8. The maximum Gasteiger partial charge on any atom is 0.326 e. The van der Waals surface area contributed by atoms with Crippen LogP contribution in [0, 0.1) is 12.3 Å². The van der Waals surface area contributed by atoms with Crippen LogP contribution in [0.3, 0.4) is 0 Å². The van der Waals surface area contributed by atoms with Crippen LogP contribution in [0.25, 0.3) is 0 Å². The lowest BCUT2D eigenvalue weighted by molar-refractivity contribution is -0.142. The van der Waals surface area contributed by atoms with E-state index in [4.69, 9.17) is 0 Å². The van der Waals surface area contributed by atoms with Gasteiger partial charge in [-0.2, -0.15) is 0 Å². The number of halogens is 1. The Bertz CT molecular complexity index is 506. The van der Waals surface area contributed by atoms with Crippen LogP contribution in [0.4, 0.5) is 0 Å². The van der Waals surface area contributed by atoms with Crippen LogP contribution >= 0.6 is 15.9 Å². The Balaban J connectivity index is 3.02. The highest BCUT2D eigenvalue weighted by Gasteiger charge is 2.33. The maximum absolute atomic E-state index is 12.2. The molecule has 1 aromatic carbocycles. The van der Waals surface area contributed by atoms with E-state index in [-0.39, 0.29) is 5.91 Å². The molecule has 1 atom stereocenters. The third-order valence-electron chi connectivity index (χ3n) is 2.90. The molecular formula is C14H18BrNO3. The monoisotopic (exact) mass is 327 g/mol. The fourth-order valence-corrected chi connectivity index (χ4v) is 2.08. The first-order chi connectivity index (χ1) is 8.64. The second-order valence-corrected chi connectivity index (χ2v) is 6.38. The summed E-state index contributed by atoms with van der Waals surface area (Å²) in [7, 11) is 0. The first-order valence-corrected chi connectivity index (χ1v) is 6.72. The van der Waals surface area contributed by atoms with Gasteiger partial charge in [0.1, 0.15) is 6.04 Å². The molecule has 0 radical (unpaired) electrons. The molecule has 1 aromatic rings.